The first-order valence-corrected chi connectivity index (χ1v) is 9.75. The van der Waals surface area contributed by atoms with Crippen molar-refractivity contribution >= 4 is 29.3 Å². The summed E-state index contributed by atoms with van der Waals surface area (Å²) >= 11 is 5.80. The van der Waals surface area contributed by atoms with Gasteiger partial charge in [-0.25, -0.2) is 9.18 Å². The van der Waals surface area contributed by atoms with Gasteiger partial charge in [0.2, 0.25) is 0 Å². The normalized spacial score (nSPS) is 14.9. The zero-order valence-corrected chi connectivity index (χ0v) is 17.7. The van der Waals surface area contributed by atoms with Crippen LogP contribution in [0.25, 0.3) is 0 Å². The number of amides is 2. The number of rotatable bonds is 4. The SMILES string of the molecule is CN(C(=O)Oc1nnn(C)n1)C1CCc2c1cn(C)c2C(=O)Nc1ccc(F)c(Cl)c1. The van der Waals surface area contributed by atoms with Crippen molar-refractivity contribution in [1.29, 1.82) is 0 Å². The van der Waals surface area contributed by atoms with Crippen LogP contribution in [0.1, 0.15) is 34.1 Å². The maximum Gasteiger partial charge on any atom is 0.418 e. The highest BCUT2D eigenvalue weighted by Gasteiger charge is 2.35. The largest absolute Gasteiger partial charge is 0.418 e. The van der Waals surface area contributed by atoms with E-state index in [1.807, 2.05) is 6.20 Å². The molecule has 12 heteroatoms. The fraction of sp³-hybridized carbons (Fsp3) is 0.316. The van der Waals surface area contributed by atoms with Crippen molar-refractivity contribution < 1.29 is 18.7 Å². The van der Waals surface area contributed by atoms with Gasteiger partial charge >= 0.3 is 12.1 Å². The van der Waals surface area contributed by atoms with Crippen LogP contribution in [0.5, 0.6) is 6.01 Å². The van der Waals surface area contributed by atoms with Crippen molar-refractivity contribution in [3.05, 3.63) is 52.1 Å². The first-order valence-electron chi connectivity index (χ1n) is 9.37. The van der Waals surface area contributed by atoms with Gasteiger partial charge in [0.15, 0.2) is 0 Å². The lowest BCUT2D eigenvalue weighted by Crippen LogP contribution is -2.32. The van der Waals surface area contributed by atoms with E-state index in [0.717, 1.165) is 11.1 Å². The van der Waals surface area contributed by atoms with Gasteiger partial charge < -0.3 is 19.5 Å². The fourth-order valence-corrected chi connectivity index (χ4v) is 3.92. The van der Waals surface area contributed by atoms with Gasteiger partial charge in [-0.2, -0.15) is 4.80 Å². The number of aryl methyl sites for hydroxylation is 2. The van der Waals surface area contributed by atoms with Crippen LogP contribution in [-0.2, 0) is 20.5 Å². The van der Waals surface area contributed by atoms with E-state index in [2.05, 4.69) is 20.7 Å². The summed E-state index contributed by atoms with van der Waals surface area (Å²) in [5, 5.41) is 13.8. The Kier molecular flexibility index (Phi) is 5.36. The Morgan fingerprint density at radius 2 is 2.13 bits per heavy atom. The van der Waals surface area contributed by atoms with Gasteiger partial charge in [-0.05, 0) is 47.4 Å². The van der Waals surface area contributed by atoms with Crippen molar-refractivity contribution in [2.45, 2.75) is 18.9 Å². The third kappa shape index (κ3) is 3.96. The predicted molar refractivity (Wildman–Crippen MR) is 108 cm³/mol. The summed E-state index contributed by atoms with van der Waals surface area (Å²) in [6, 6.07) is 3.58. The average Bonchev–Trinajstić information content (AvgIpc) is 3.38. The molecule has 31 heavy (non-hydrogen) atoms. The highest BCUT2D eigenvalue weighted by molar-refractivity contribution is 6.31. The second-order valence-electron chi connectivity index (χ2n) is 7.20. The number of tetrazole rings is 1. The van der Waals surface area contributed by atoms with Gasteiger partial charge in [-0.3, -0.25) is 4.79 Å². The summed E-state index contributed by atoms with van der Waals surface area (Å²) in [6.45, 7) is 0. The van der Waals surface area contributed by atoms with E-state index in [4.69, 9.17) is 16.3 Å². The van der Waals surface area contributed by atoms with Crippen LogP contribution in [0.15, 0.2) is 24.4 Å². The van der Waals surface area contributed by atoms with Gasteiger partial charge in [-0.1, -0.05) is 21.8 Å². The van der Waals surface area contributed by atoms with Crippen LogP contribution < -0.4 is 10.1 Å². The zero-order chi connectivity index (χ0) is 22.3. The number of hydrogen-bond acceptors (Lipinski definition) is 6. The van der Waals surface area contributed by atoms with E-state index in [1.54, 1.807) is 25.7 Å². The Bertz CT molecular complexity index is 1180. The standard InChI is InChI=1S/C19H19ClFN7O3/c1-26-9-12-11(16(26)17(29)22-10-4-6-14(21)13(20)8-10)5-7-15(12)27(2)19(30)31-18-23-25-28(3)24-18/h4,6,8-9,15H,5,7H2,1-3H3,(H,22,29). The molecule has 2 aromatic heterocycles. The molecular formula is C19H19ClFN7O3. The molecule has 0 fully saturated rings. The monoisotopic (exact) mass is 447 g/mol. The molecule has 3 aromatic rings. The molecule has 0 saturated carbocycles. The molecule has 10 nitrogen and oxygen atoms in total. The zero-order valence-electron chi connectivity index (χ0n) is 17.0. The molecule has 1 atom stereocenters. The molecule has 1 aliphatic rings. The molecule has 1 unspecified atom stereocenters. The number of nitrogens with one attached hydrogen (secondary N) is 1. The quantitative estimate of drug-likeness (QED) is 0.659. The Balaban J connectivity index is 1.52. The van der Waals surface area contributed by atoms with Crippen molar-refractivity contribution in [2.75, 3.05) is 12.4 Å². The summed E-state index contributed by atoms with van der Waals surface area (Å²) in [6.07, 6.45) is 2.44. The van der Waals surface area contributed by atoms with E-state index in [0.29, 0.717) is 24.2 Å². The van der Waals surface area contributed by atoms with Crippen molar-refractivity contribution in [3.8, 4) is 6.01 Å². The van der Waals surface area contributed by atoms with Gasteiger partial charge in [-0.15, -0.1) is 0 Å². The Morgan fingerprint density at radius 1 is 1.35 bits per heavy atom. The number of carbonyl (C=O) groups excluding carboxylic acids is 2. The van der Waals surface area contributed by atoms with Crippen molar-refractivity contribution in [1.82, 2.24) is 29.7 Å². The highest BCUT2D eigenvalue weighted by Crippen LogP contribution is 2.38. The summed E-state index contributed by atoms with van der Waals surface area (Å²) < 4.78 is 20.2. The van der Waals surface area contributed by atoms with Crippen LogP contribution in [-0.4, -0.2) is 48.7 Å². The molecule has 162 valence electrons. The number of ether oxygens (including phenoxy) is 1. The second kappa shape index (κ2) is 7.99. The van der Waals surface area contributed by atoms with Crippen LogP contribution in [0.4, 0.5) is 14.9 Å². The van der Waals surface area contributed by atoms with E-state index < -0.39 is 11.9 Å². The molecule has 2 heterocycles. The topological polar surface area (TPSA) is 107 Å². The average molecular weight is 448 g/mol. The lowest BCUT2D eigenvalue weighted by Gasteiger charge is -2.23. The number of aromatic nitrogens is 5. The van der Waals surface area contributed by atoms with Crippen LogP contribution in [0, 0.1) is 5.82 Å². The first kappa shape index (κ1) is 20.8. The van der Waals surface area contributed by atoms with Gasteiger partial charge in [0.05, 0.1) is 18.1 Å². The van der Waals surface area contributed by atoms with Gasteiger partial charge in [0.1, 0.15) is 11.5 Å². The minimum atomic E-state index is -0.623. The maximum atomic E-state index is 13.4. The van der Waals surface area contributed by atoms with Gasteiger partial charge in [0, 0.05) is 26.0 Å². The fourth-order valence-electron chi connectivity index (χ4n) is 3.74. The number of hydrogen-bond donors (Lipinski definition) is 1. The molecule has 1 aromatic carbocycles. The van der Waals surface area contributed by atoms with E-state index in [-0.39, 0.29) is 23.0 Å². The number of anilines is 1. The van der Waals surface area contributed by atoms with Gasteiger partial charge in [0.25, 0.3) is 5.91 Å². The van der Waals surface area contributed by atoms with E-state index in [9.17, 15) is 14.0 Å². The number of benzene rings is 1. The predicted octanol–water partition coefficient (Wildman–Crippen LogP) is 2.71. The molecule has 4 rings (SSSR count). The third-order valence-electron chi connectivity index (χ3n) is 5.16. The molecule has 0 bridgehead atoms. The lowest BCUT2D eigenvalue weighted by molar-refractivity contribution is 0.101. The number of halogens is 2. The third-order valence-corrected chi connectivity index (χ3v) is 5.45. The first-order chi connectivity index (χ1) is 14.7. The molecular weight excluding hydrogens is 429 g/mol. The molecule has 0 radical (unpaired) electrons. The molecule has 1 aliphatic carbocycles. The summed E-state index contributed by atoms with van der Waals surface area (Å²) in [5.41, 5.74) is 2.56. The smallest absolute Gasteiger partial charge is 0.372 e. The number of carbonyl (C=O) groups is 2. The van der Waals surface area contributed by atoms with Crippen molar-refractivity contribution in [3.63, 3.8) is 0 Å². The molecule has 0 spiro atoms. The summed E-state index contributed by atoms with van der Waals surface area (Å²) in [7, 11) is 4.93. The summed E-state index contributed by atoms with van der Waals surface area (Å²) in [4.78, 5) is 28.0. The minimum absolute atomic E-state index is 0.0762. The van der Waals surface area contributed by atoms with E-state index >= 15 is 0 Å². The number of fused-ring (bicyclic) bond motifs is 1. The van der Waals surface area contributed by atoms with Crippen LogP contribution in [0.2, 0.25) is 5.02 Å². The second-order valence-corrected chi connectivity index (χ2v) is 7.61. The van der Waals surface area contributed by atoms with Crippen molar-refractivity contribution in [2.24, 2.45) is 14.1 Å². The highest BCUT2D eigenvalue weighted by atomic mass is 35.5. The Morgan fingerprint density at radius 3 is 2.81 bits per heavy atom. The molecule has 2 amide bonds. The minimum Gasteiger partial charge on any atom is -0.372 e. The Labute approximate surface area is 181 Å². The Hall–Kier alpha value is -3.47. The molecule has 0 aliphatic heterocycles. The van der Waals surface area contributed by atoms with Crippen LogP contribution in [0.3, 0.4) is 0 Å². The van der Waals surface area contributed by atoms with E-state index in [1.165, 1.54) is 27.9 Å². The molecule has 1 N–H and O–H groups in total. The maximum absolute atomic E-state index is 13.4. The number of nitrogens with zero attached hydrogens (tertiary/aromatic N) is 6. The van der Waals surface area contributed by atoms with Crippen LogP contribution >= 0.6 is 11.6 Å². The lowest BCUT2D eigenvalue weighted by atomic mass is 10.1. The molecule has 0 saturated heterocycles. The summed E-state index contributed by atoms with van der Waals surface area (Å²) in [5.74, 6) is -0.907.